The Kier molecular flexibility index (Phi) is 7.66. The number of hydrogen-bond acceptors (Lipinski definition) is 5. The maximum Gasteiger partial charge on any atom is 0.152 e. The third-order valence-corrected chi connectivity index (χ3v) is 8.03. The molecule has 0 aromatic heterocycles. The molecule has 2 aromatic carbocycles. The predicted octanol–water partition coefficient (Wildman–Crippen LogP) is 3.84. The van der Waals surface area contributed by atoms with Crippen molar-refractivity contribution in [3.8, 4) is 0 Å². The van der Waals surface area contributed by atoms with Crippen LogP contribution in [0.5, 0.6) is 0 Å². The lowest BCUT2D eigenvalue weighted by molar-refractivity contribution is 0.0781. The van der Waals surface area contributed by atoms with E-state index in [1.54, 1.807) is 18.2 Å². The Morgan fingerprint density at radius 1 is 1.18 bits per heavy atom. The summed E-state index contributed by atoms with van der Waals surface area (Å²) in [5.74, 6) is -1.33. The largest absolute Gasteiger partial charge is 0.396 e. The zero-order chi connectivity index (χ0) is 24.4. The summed E-state index contributed by atoms with van der Waals surface area (Å²) >= 11 is 0. The number of aliphatic hydroxyl groups excluding tert-OH is 1. The van der Waals surface area contributed by atoms with Crippen molar-refractivity contribution in [2.24, 2.45) is 5.92 Å². The highest BCUT2D eigenvalue weighted by molar-refractivity contribution is 7.91. The number of benzene rings is 2. The number of anilines is 1. The van der Waals surface area contributed by atoms with Gasteiger partial charge in [-0.05, 0) is 47.6 Å². The van der Waals surface area contributed by atoms with Crippen LogP contribution in [0.15, 0.2) is 42.5 Å². The van der Waals surface area contributed by atoms with Gasteiger partial charge in [-0.15, -0.1) is 0 Å². The van der Waals surface area contributed by atoms with Gasteiger partial charge < -0.3 is 16.2 Å². The van der Waals surface area contributed by atoms with E-state index in [-0.39, 0.29) is 29.0 Å². The van der Waals surface area contributed by atoms with Gasteiger partial charge in [0.15, 0.2) is 9.84 Å². The Labute approximate surface area is 196 Å². The van der Waals surface area contributed by atoms with Crippen LogP contribution in [-0.2, 0) is 28.2 Å². The zero-order valence-electron chi connectivity index (χ0n) is 19.8. The molecule has 0 amide bonds. The Hall–Kier alpha value is -2.22. The normalized spacial score (nSPS) is 23.2. The number of aliphatic hydroxyl groups is 1. The van der Waals surface area contributed by atoms with Crippen molar-refractivity contribution in [2.75, 3.05) is 17.2 Å². The molecular formula is C26H35FN2O3S. The number of rotatable bonds is 6. The van der Waals surface area contributed by atoms with Crippen LogP contribution >= 0.6 is 0 Å². The number of nitrogens with two attached hydrogens (primary N) is 1. The second-order valence-corrected chi connectivity index (χ2v) is 12.2. The molecule has 0 saturated carbocycles. The molecule has 3 atom stereocenters. The number of allylic oxidation sites excluding steroid dienone is 1. The number of nitrogen functional groups attached to an aromatic ring is 1. The van der Waals surface area contributed by atoms with Crippen molar-refractivity contribution < 1.29 is 17.9 Å². The molecule has 1 saturated heterocycles. The van der Waals surface area contributed by atoms with Gasteiger partial charge in [-0.1, -0.05) is 57.2 Å². The van der Waals surface area contributed by atoms with Gasteiger partial charge in [-0.2, -0.15) is 0 Å². The molecule has 0 bridgehead atoms. The first-order valence-corrected chi connectivity index (χ1v) is 13.1. The maximum absolute atomic E-state index is 14.3. The Morgan fingerprint density at radius 3 is 2.58 bits per heavy atom. The van der Waals surface area contributed by atoms with Gasteiger partial charge in [0.1, 0.15) is 5.82 Å². The molecule has 33 heavy (non-hydrogen) atoms. The van der Waals surface area contributed by atoms with Crippen LogP contribution in [0.4, 0.5) is 10.1 Å². The van der Waals surface area contributed by atoms with Crippen molar-refractivity contribution in [2.45, 2.75) is 58.2 Å². The quantitative estimate of drug-likeness (QED) is 0.553. The molecule has 1 fully saturated rings. The molecule has 1 heterocycles. The topological polar surface area (TPSA) is 92.4 Å². The van der Waals surface area contributed by atoms with Crippen LogP contribution in [0.2, 0.25) is 0 Å². The minimum Gasteiger partial charge on any atom is -0.396 e. The van der Waals surface area contributed by atoms with Gasteiger partial charge in [0, 0.05) is 24.1 Å². The summed E-state index contributed by atoms with van der Waals surface area (Å²) < 4.78 is 39.6. The van der Waals surface area contributed by atoms with E-state index in [1.807, 2.05) is 19.1 Å². The monoisotopic (exact) mass is 474 g/mol. The number of hydrogen-bond donors (Lipinski definition) is 3. The van der Waals surface area contributed by atoms with Crippen LogP contribution in [-0.4, -0.2) is 37.2 Å². The first-order valence-electron chi connectivity index (χ1n) is 11.3. The molecule has 0 radical (unpaired) electrons. The number of halogens is 1. The van der Waals surface area contributed by atoms with Gasteiger partial charge in [0.05, 0.1) is 23.3 Å². The SMILES string of the molecule is C/C=C/c1cc(C[C@@H]2CS(=O)(=O)C[C@H](NCc3cccc(C(C)(C)C)c3)[C@H]2O)cc(F)c1N. The summed E-state index contributed by atoms with van der Waals surface area (Å²) in [7, 11) is -3.36. The second kappa shape index (κ2) is 9.95. The summed E-state index contributed by atoms with van der Waals surface area (Å²) in [5, 5.41) is 14.3. The molecular weight excluding hydrogens is 439 g/mol. The first-order chi connectivity index (χ1) is 15.4. The summed E-state index contributed by atoms with van der Waals surface area (Å²) in [6, 6.07) is 10.7. The van der Waals surface area contributed by atoms with Crippen LogP contribution in [0.25, 0.3) is 6.08 Å². The van der Waals surface area contributed by atoms with E-state index in [1.165, 1.54) is 11.6 Å². The molecule has 2 aromatic rings. The van der Waals surface area contributed by atoms with E-state index in [0.29, 0.717) is 17.7 Å². The highest BCUT2D eigenvalue weighted by Gasteiger charge is 2.39. The number of nitrogens with one attached hydrogen (secondary N) is 1. The first kappa shape index (κ1) is 25.4. The van der Waals surface area contributed by atoms with Crippen LogP contribution in [0, 0.1) is 11.7 Å². The lowest BCUT2D eigenvalue weighted by Crippen LogP contribution is -2.54. The predicted molar refractivity (Wildman–Crippen MR) is 133 cm³/mol. The molecule has 3 rings (SSSR count). The van der Waals surface area contributed by atoms with Crippen molar-refractivity contribution in [3.05, 3.63) is 70.5 Å². The van der Waals surface area contributed by atoms with Crippen LogP contribution < -0.4 is 11.1 Å². The third-order valence-electron chi connectivity index (χ3n) is 6.22. The smallest absolute Gasteiger partial charge is 0.152 e. The van der Waals surface area contributed by atoms with Gasteiger partial charge in [-0.3, -0.25) is 0 Å². The van der Waals surface area contributed by atoms with E-state index >= 15 is 0 Å². The lowest BCUT2D eigenvalue weighted by atomic mass is 9.86. The van der Waals surface area contributed by atoms with Gasteiger partial charge >= 0.3 is 0 Å². The maximum atomic E-state index is 14.3. The summed E-state index contributed by atoms with van der Waals surface area (Å²) in [6.45, 7) is 8.70. The van der Waals surface area contributed by atoms with E-state index in [4.69, 9.17) is 5.73 Å². The molecule has 1 aliphatic rings. The van der Waals surface area contributed by atoms with Gasteiger partial charge in [0.25, 0.3) is 0 Å². The molecule has 0 unspecified atom stereocenters. The molecule has 0 aliphatic carbocycles. The minimum atomic E-state index is -3.36. The average molecular weight is 475 g/mol. The Morgan fingerprint density at radius 2 is 1.91 bits per heavy atom. The highest BCUT2D eigenvalue weighted by Crippen LogP contribution is 2.28. The standard InChI is InChI=1S/C26H35FN2O3S/c1-5-7-19-10-18(13-22(27)24(19)28)11-20-15-33(31,32)16-23(25(20)30)29-14-17-8-6-9-21(12-17)26(2,3)4/h5-10,12-13,20,23,25,29-30H,11,14-16,28H2,1-4H3/b7-5+/t20-,23+,25+/m1/s1. The summed E-state index contributed by atoms with van der Waals surface area (Å²) in [4.78, 5) is 0. The molecule has 0 spiro atoms. The second-order valence-electron chi connectivity index (χ2n) is 10.1. The van der Waals surface area contributed by atoms with Gasteiger partial charge in [0.2, 0.25) is 0 Å². The highest BCUT2D eigenvalue weighted by atomic mass is 32.2. The molecule has 180 valence electrons. The van der Waals surface area contributed by atoms with Crippen molar-refractivity contribution in [1.82, 2.24) is 5.32 Å². The van der Waals surface area contributed by atoms with Crippen molar-refractivity contribution >= 4 is 21.6 Å². The third kappa shape index (κ3) is 6.43. The zero-order valence-corrected chi connectivity index (χ0v) is 20.6. The summed E-state index contributed by atoms with van der Waals surface area (Å²) in [6.07, 6.45) is 2.86. The Bertz CT molecular complexity index is 1120. The molecule has 7 heteroatoms. The molecule has 5 nitrogen and oxygen atoms in total. The lowest BCUT2D eigenvalue weighted by Gasteiger charge is -2.35. The molecule has 4 N–H and O–H groups in total. The average Bonchev–Trinajstić information content (AvgIpc) is 2.72. The fourth-order valence-corrected chi connectivity index (χ4v) is 6.35. The van der Waals surface area contributed by atoms with Gasteiger partial charge in [-0.25, -0.2) is 12.8 Å². The summed E-state index contributed by atoms with van der Waals surface area (Å²) in [5.41, 5.74) is 9.28. The van der Waals surface area contributed by atoms with Crippen LogP contribution in [0.3, 0.4) is 0 Å². The van der Waals surface area contributed by atoms with Crippen molar-refractivity contribution in [1.29, 1.82) is 0 Å². The number of sulfone groups is 1. The minimum absolute atomic E-state index is 0.00890. The Balaban J connectivity index is 1.77. The van der Waals surface area contributed by atoms with E-state index in [0.717, 1.165) is 5.56 Å². The van der Waals surface area contributed by atoms with E-state index < -0.39 is 33.7 Å². The molecule has 1 aliphatic heterocycles. The van der Waals surface area contributed by atoms with E-state index in [2.05, 4.69) is 38.2 Å². The van der Waals surface area contributed by atoms with Crippen molar-refractivity contribution in [3.63, 3.8) is 0 Å². The van der Waals surface area contributed by atoms with Crippen LogP contribution in [0.1, 0.15) is 49.9 Å². The van der Waals surface area contributed by atoms with E-state index in [9.17, 15) is 17.9 Å². The fraction of sp³-hybridized carbons (Fsp3) is 0.462. The fourth-order valence-electron chi connectivity index (χ4n) is 4.39.